The lowest BCUT2D eigenvalue weighted by Gasteiger charge is -2.24. The molecule has 0 saturated heterocycles. The van der Waals surface area contributed by atoms with Crippen molar-refractivity contribution in [2.45, 2.75) is 83.1 Å². The van der Waals surface area contributed by atoms with Gasteiger partial charge in [0, 0.05) is 21.8 Å². The van der Waals surface area contributed by atoms with Crippen molar-refractivity contribution in [3.63, 3.8) is 0 Å². The van der Waals surface area contributed by atoms with Crippen LogP contribution in [0.1, 0.15) is 94.2 Å². The summed E-state index contributed by atoms with van der Waals surface area (Å²) in [5, 5.41) is 0. The molecule has 8 aromatic rings. The number of thiophene rings is 1. The van der Waals surface area contributed by atoms with Gasteiger partial charge in [-0.05, 0) is 165 Å². The summed E-state index contributed by atoms with van der Waals surface area (Å²) in [6.45, 7) is 26.6. The van der Waals surface area contributed by atoms with Crippen LogP contribution in [0.3, 0.4) is 0 Å². The summed E-state index contributed by atoms with van der Waals surface area (Å²) in [4.78, 5) is 5.95. The lowest BCUT2D eigenvalue weighted by atomic mass is 9.34. The molecule has 2 nitrogen and oxygen atoms in total. The van der Waals surface area contributed by atoms with Crippen LogP contribution >= 0.6 is 33.9 Å². The second-order valence-corrected chi connectivity index (χ2v) is 23.6. The monoisotopic (exact) mass is 1100 g/mol. The minimum Gasteiger partial charge on any atom is -0.325 e. The van der Waals surface area contributed by atoms with Crippen LogP contribution in [0, 0.1) is 86.0 Å². The van der Waals surface area contributed by atoms with E-state index in [1.807, 2.05) is 36.4 Å². The number of rotatable bonds is 13. The Labute approximate surface area is 457 Å². The van der Waals surface area contributed by atoms with Gasteiger partial charge in [0.15, 0.2) is 0 Å². The molecule has 9 heteroatoms. The van der Waals surface area contributed by atoms with Crippen LogP contribution in [-0.2, 0) is 0 Å². The van der Waals surface area contributed by atoms with Crippen LogP contribution < -0.4 is 32.8 Å². The maximum Gasteiger partial charge on any atom is 0.678 e. The summed E-state index contributed by atoms with van der Waals surface area (Å²) in [6, 6.07) is 43.4. The van der Waals surface area contributed by atoms with E-state index in [4.69, 9.17) is 4.99 Å². The van der Waals surface area contributed by atoms with Crippen molar-refractivity contribution in [3.8, 4) is 0 Å². The van der Waals surface area contributed by atoms with Crippen LogP contribution in [0.4, 0.5) is 8.63 Å². The van der Waals surface area contributed by atoms with Gasteiger partial charge >= 0.3 is 7.40 Å². The molecule has 1 aliphatic heterocycles. The van der Waals surface area contributed by atoms with Gasteiger partial charge in [0.05, 0.1) is 14.3 Å². The van der Waals surface area contributed by atoms with Crippen molar-refractivity contribution in [1.29, 1.82) is 0 Å². The van der Waals surface area contributed by atoms with Gasteiger partial charge in [-0.1, -0.05) is 209 Å². The summed E-state index contributed by atoms with van der Waals surface area (Å²) in [7, 11) is -2.78. The van der Waals surface area contributed by atoms with Gasteiger partial charge in [-0.3, -0.25) is 8.63 Å². The van der Waals surface area contributed by atoms with E-state index in [0.717, 1.165) is 29.1 Å². The average molecular weight is 1100 g/mol. The van der Waals surface area contributed by atoms with Crippen molar-refractivity contribution < 1.29 is 8.63 Å². The maximum absolute atomic E-state index is 15.5. The molecule has 2 aromatic heterocycles. The maximum atomic E-state index is 15.5. The van der Waals surface area contributed by atoms with E-state index >= 15 is 8.63 Å². The molecule has 0 saturated carbocycles. The molecule has 0 unspecified atom stereocenters. The molecule has 0 atom stereocenters. The molecular weight excluding hydrogens is 1040 g/mol. The third kappa shape index (κ3) is 10.9. The second kappa shape index (κ2) is 21.9. The molecule has 0 spiro atoms. The van der Waals surface area contributed by atoms with Crippen molar-refractivity contribution in [3.05, 3.63) is 242 Å². The van der Waals surface area contributed by atoms with Crippen LogP contribution in [-0.4, -0.2) is 31.0 Å². The Bertz CT molecular complexity index is 3420. The Morgan fingerprint density at radius 1 is 0.473 bits per heavy atom. The molecule has 0 N–H and O–H groups in total. The molecule has 9 rings (SSSR count). The highest BCUT2D eigenvalue weighted by Gasteiger charge is 2.31. The topological polar surface area (TPSA) is 17.3 Å². The van der Waals surface area contributed by atoms with Crippen molar-refractivity contribution in [2.75, 3.05) is 0 Å². The Hall–Kier alpha value is -6.29. The third-order valence-corrected chi connectivity index (χ3v) is 16.6. The van der Waals surface area contributed by atoms with Gasteiger partial charge in [-0.15, -0.1) is 11.3 Å². The Morgan fingerprint density at radius 3 is 1.23 bits per heavy atom. The molecule has 0 bridgehead atoms. The highest BCUT2D eigenvalue weighted by Crippen LogP contribution is 2.37. The molecule has 0 aliphatic carbocycles. The first-order valence-corrected chi connectivity index (χ1v) is 27.4. The number of allylic oxidation sites excluding steroid dienone is 3. The second-order valence-electron chi connectivity index (χ2n) is 20.6. The molecule has 1 aliphatic rings. The first kappa shape index (κ1) is 52.6. The molecule has 0 fully saturated rings. The average Bonchev–Trinajstić information content (AvgIpc) is 4.09. The first-order chi connectivity index (χ1) is 35.3. The fourth-order valence-corrected chi connectivity index (χ4v) is 13.7. The fraction of sp³-hybridized carbons (Fsp3) is 0.185. The van der Waals surface area contributed by atoms with Gasteiger partial charge in [0.25, 0.3) is 0 Å². The highest BCUT2D eigenvalue weighted by molar-refractivity contribution is 14.1. The predicted molar refractivity (Wildman–Crippen MR) is 330 cm³/mol. The summed E-state index contributed by atoms with van der Waals surface area (Å²) in [5.74, 6) is 0. The van der Waals surface area contributed by atoms with E-state index in [1.54, 1.807) is 29.5 Å². The smallest absolute Gasteiger partial charge is 0.325 e. The van der Waals surface area contributed by atoms with Crippen molar-refractivity contribution in [2.24, 2.45) is 4.99 Å². The number of hydrogen-bond donors (Lipinski definition) is 0. The Balaban J connectivity index is 1.02. The van der Waals surface area contributed by atoms with Gasteiger partial charge in [-0.25, -0.2) is 4.99 Å². The van der Waals surface area contributed by atoms with Gasteiger partial charge in [0.1, 0.15) is 0 Å². The predicted octanol–water partition coefficient (Wildman–Crippen LogP) is 13.3. The minimum atomic E-state index is -2.78. The summed E-state index contributed by atoms with van der Waals surface area (Å²) >= 11 is 3.86. The quantitative estimate of drug-likeness (QED) is 0.0809. The highest BCUT2D eigenvalue weighted by atomic mass is 127. The van der Waals surface area contributed by atoms with Crippen LogP contribution in [0.15, 0.2) is 150 Å². The van der Waals surface area contributed by atoms with Crippen molar-refractivity contribution >= 4 is 117 Å². The molecule has 74 heavy (non-hydrogen) atoms. The molecule has 3 heterocycles. The normalized spacial score (nSPS) is 13.1. The lowest BCUT2D eigenvalue weighted by Crippen LogP contribution is -2.55. The van der Waals surface area contributed by atoms with E-state index in [1.165, 1.54) is 99.5 Å². The van der Waals surface area contributed by atoms with E-state index in [2.05, 4.69) is 209 Å². The van der Waals surface area contributed by atoms with Crippen LogP contribution in [0.25, 0.3) is 23.8 Å². The lowest BCUT2D eigenvalue weighted by molar-refractivity contribution is 0.627. The Morgan fingerprint density at radius 2 is 0.865 bits per heavy atom. The number of aromatic nitrogens is 1. The number of aryl methyl sites for hydroxylation is 12. The molecular formula is C65H62B3F2IN2S. The molecule has 6 aromatic carbocycles. The van der Waals surface area contributed by atoms with E-state index in [-0.39, 0.29) is 13.4 Å². The number of hydrogen-bond acceptors (Lipinski definition) is 2. The molecule has 0 radical (unpaired) electrons. The van der Waals surface area contributed by atoms with Crippen LogP contribution in [0.2, 0.25) is 0 Å². The number of aliphatic imine (C=N–C) groups is 1. The van der Waals surface area contributed by atoms with E-state index in [9.17, 15) is 0 Å². The minimum absolute atomic E-state index is 0.0460. The zero-order chi connectivity index (χ0) is 52.7. The number of halogens is 3. The summed E-state index contributed by atoms with van der Waals surface area (Å²) in [6.07, 6.45) is 11.7. The largest absolute Gasteiger partial charge is 0.678 e. The zero-order valence-electron chi connectivity index (χ0n) is 44.7. The zero-order valence-corrected chi connectivity index (χ0v) is 47.7. The SMILES string of the molecule is Cc1cc(C)c(B(c2ccc(/C=C/C3=NC(=C(\c4ccc(I)s4)c4ccc(/C=C/c5ccc(B(c6c(C)cc(C)cc6C)c6c(C)cc(C)cc6C)cc5)n4B(F)F)/C=C3)cc2)c2c(C)cc(C)cc2C)c(C)c1. The van der Waals surface area contributed by atoms with E-state index in [0.29, 0.717) is 22.7 Å². The molecule has 0 amide bonds. The fourth-order valence-electron chi connectivity index (χ4n) is 12.0. The van der Waals surface area contributed by atoms with Crippen molar-refractivity contribution in [1.82, 2.24) is 4.48 Å². The molecule has 368 valence electrons. The van der Waals surface area contributed by atoms with Crippen LogP contribution in [0.5, 0.6) is 0 Å². The third-order valence-electron chi connectivity index (χ3n) is 14.7. The van der Waals surface area contributed by atoms with Gasteiger partial charge in [-0.2, -0.15) is 0 Å². The van der Waals surface area contributed by atoms with Gasteiger partial charge in [0.2, 0.25) is 13.4 Å². The number of nitrogens with zero attached hydrogens (tertiary/aromatic N) is 2. The first-order valence-electron chi connectivity index (χ1n) is 25.5. The van der Waals surface area contributed by atoms with E-state index < -0.39 is 7.40 Å². The number of benzene rings is 6. The Kier molecular flexibility index (Phi) is 15.6. The van der Waals surface area contributed by atoms with Gasteiger partial charge < -0.3 is 4.48 Å². The standard InChI is InChI=1S/C65H62B3F2IN2S/c1-39-31-43(5)62(44(6)32-39)66(63-45(7)33-40(2)34-46(63)8)53-19-13-51(14-20-53)17-23-55-24-27-57(72-55)61(59-29-30-60(71)74-59)58-28-26-56(73(58)68(69)70)25-18-52-15-21-54(22-16-52)67(64-47(9)35-41(3)36-48(64)10)65-49(11)37-42(4)38-50(65)12/h13-38H,1-12H3/b23-17+,25-18+,61-57-. The summed E-state index contributed by atoms with van der Waals surface area (Å²) in [5.41, 5.74) is 28.1. The summed E-state index contributed by atoms with van der Waals surface area (Å²) < 4.78 is 33.1.